The van der Waals surface area contributed by atoms with Gasteiger partial charge in [-0.2, -0.15) is 0 Å². The van der Waals surface area contributed by atoms with Crippen molar-refractivity contribution in [1.29, 1.82) is 0 Å². The summed E-state index contributed by atoms with van der Waals surface area (Å²) in [6, 6.07) is 0. The molecule has 0 unspecified atom stereocenters. The van der Waals surface area contributed by atoms with Crippen LogP contribution in [0.15, 0.2) is 0 Å². The van der Waals surface area contributed by atoms with Gasteiger partial charge in [0.2, 0.25) is 5.91 Å². The summed E-state index contributed by atoms with van der Waals surface area (Å²) in [7, 11) is 0. The standard InChI is InChI=1S/C11H17N5O5/c1-11(2,3)21-10(20)13-4-6-8(9(18)19)14-15-16(6)5-7(12)17/h4-5H2,1-3H3,(H2,12,17)(H,13,20)(H,18,19). The number of ether oxygens (including phenoxy) is 1. The molecule has 10 heteroatoms. The molecule has 116 valence electrons. The van der Waals surface area contributed by atoms with Crippen LogP contribution in [0.1, 0.15) is 37.0 Å². The molecule has 4 N–H and O–H groups in total. The highest BCUT2D eigenvalue weighted by atomic mass is 16.6. The van der Waals surface area contributed by atoms with Crippen LogP contribution in [-0.4, -0.2) is 43.7 Å². The third-order valence-electron chi connectivity index (χ3n) is 2.14. The summed E-state index contributed by atoms with van der Waals surface area (Å²) in [6.07, 6.45) is -0.731. The summed E-state index contributed by atoms with van der Waals surface area (Å²) < 4.78 is 6.04. The molecule has 0 fully saturated rings. The summed E-state index contributed by atoms with van der Waals surface area (Å²) >= 11 is 0. The molecule has 21 heavy (non-hydrogen) atoms. The van der Waals surface area contributed by atoms with E-state index in [9.17, 15) is 14.4 Å². The van der Waals surface area contributed by atoms with Crippen LogP contribution in [0, 0.1) is 0 Å². The number of carboxylic acids is 1. The van der Waals surface area contributed by atoms with E-state index >= 15 is 0 Å². The van der Waals surface area contributed by atoms with E-state index in [1.807, 2.05) is 0 Å². The third-order valence-corrected chi connectivity index (χ3v) is 2.14. The van der Waals surface area contributed by atoms with Crippen LogP contribution in [0.3, 0.4) is 0 Å². The number of carbonyl (C=O) groups excluding carboxylic acids is 2. The Bertz CT molecular complexity index is 560. The molecule has 0 spiro atoms. The zero-order valence-corrected chi connectivity index (χ0v) is 11.9. The molecule has 0 radical (unpaired) electrons. The second-order valence-electron chi connectivity index (χ2n) is 5.17. The van der Waals surface area contributed by atoms with Crippen molar-refractivity contribution in [1.82, 2.24) is 20.3 Å². The van der Waals surface area contributed by atoms with Crippen LogP contribution < -0.4 is 11.1 Å². The van der Waals surface area contributed by atoms with Crippen molar-refractivity contribution < 1.29 is 24.2 Å². The Balaban J connectivity index is 2.85. The van der Waals surface area contributed by atoms with E-state index in [1.54, 1.807) is 20.8 Å². The van der Waals surface area contributed by atoms with Crippen molar-refractivity contribution in [2.75, 3.05) is 0 Å². The number of amides is 2. The molecule has 0 saturated carbocycles. The number of nitrogens with one attached hydrogen (secondary N) is 1. The highest BCUT2D eigenvalue weighted by molar-refractivity contribution is 5.86. The van der Waals surface area contributed by atoms with E-state index in [2.05, 4.69) is 15.6 Å². The highest BCUT2D eigenvalue weighted by Gasteiger charge is 2.22. The fourth-order valence-electron chi connectivity index (χ4n) is 1.42. The summed E-state index contributed by atoms with van der Waals surface area (Å²) in [5.41, 5.74) is 4.02. The maximum absolute atomic E-state index is 11.5. The molecule has 2 amide bonds. The molecule has 0 aliphatic rings. The van der Waals surface area contributed by atoms with Crippen LogP contribution in [-0.2, 0) is 22.6 Å². The molecule has 0 bridgehead atoms. The molecule has 10 nitrogen and oxygen atoms in total. The lowest BCUT2D eigenvalue weighted by atomic mass is 10.2. The van der Waals surface area contributed by atoms with Gasteiger partial charge in [-0.25, -0.2) is 14.3 Å². The van der Waals surface area contributed by atoms with Gasteiger partial charge in [-0.1, -0.05) is 5.21 Å². The third kappa shape index (κ3) is 5.09. The van der Waals surface area contributed by atoms with Crippen molar-refractivity contribution in [3.05, 3.63) is 11.4 Å². The van der Waals surface area contributed by atoms with Gasteiger partial charge in [0.15, 0.2) is 5.69 Å². The lowest BCUT2D eigenvalue weighted by Crippen LogP contribution is -2.33. The van der Waals surface area contributed by atoms with Crippen molar-refractivity contribution in [2.45, 2.75) is 39.5 Å². The first kappa shape index (κ1) is 16.4. The van der Waals surface area contributed by atoms with Crippen molar-refractivity contribution in [3.8, 4) is 0 Å². The van der Waals surface area contributed by atoms with Crippen molar-refractivity contribution in [3.63, 3.8) is 0 Å². The van der Waals surface area contributed by atoms with Crippen LogP contribution in [0.4, 0.5) is 4.79 Å². The largest absolute Gasteiger partial charge is 0.476 e. The number of hydrogen-bond donors (Lipinski definition) is 3. The number of alkyl carbamates (subject to hydrolysis) is 1. The average Bonchev–Trinajstić information content (AvgIpc) is 2.66. The van der Waals surface area contributed by atoms with Crippen LogP contribution in [0.2, 0.25) is 0 Å². The first-order chi connectivity index (χ1) is 9.60. The van der Waals surface area contributed by atoms with Gasteiger partial charge in [-0.05, 0) is 20.8 Å². The van der Waals surface area contributed by atoms with E-state index < -0.39 is 23.6 Å². The minimum absolute atomic E-state index is 0.0483. The maximum atomic E-state index is 11.5. The lowest BCUT2D eigenvalue weighted by molar-refractivity contribution is -0.118. The van der Waals surface area contributed by atoms with Crippen LogP contribution in [0.25, 0.3) is 0 Å². The first-order valence-electron chi connectivity index (χ1n) is 6.01. The van der Waals surface area contributed by atoms with Gasteiger partial charge >= 0.3 is 12.1 Å². The van der Waals surface area contributed by atoms with E-state index in [1.165, 1.54) is 0 Å². The molecule has 1 rings (SSSR count). The highest BCUT2D eigenvalue weighted by Crippen LogP contribution is 2.08. The summed E-state index contributed by atoms with van der Waals surface area (Å²) in [4.78, 5) is 33.5. The number of nitrogens with zero attached hydrogens (tertiary/aromatic N) is 3. The first-order valence-corrected chi connectivity index (χ1v) is 6.01. The molecule has 1 heterocycles. The number of aromatic carboxylic acids is 1. The van der Waals surface area contributed by atoms with Gasteiger partial charge in [0.25, 0.3) is 0 Å². The minimum atomic E-state index is -1.33. The monoisotopic (exact) mass is 299 g/mol. The Morgan fingerprint density at radius 2 is 2.00 bits per heavy atom. The Morgan fingerprint density at radius 1 is 1.38 bits per heavy atom. The number of rotatable bonds is 5. The van der Waals surface area contributed by atoms with E-state index in [4.69, 9.17) is 15.6 Å². The Morgan fingerprint density at radius 3 is 2.48 bits per heavy atom. The second kappa shape index (κ2) is 6.20. The Kier molecular flexibility index (Phi) is 4.84. The zero-order valence-electron chi connectivity index (χ0n) is 11.9. The molecule has 0 aromatic carbocycles. The minimum Gasteiger partial charge on any atom is -0.476 e. The fourth-order valence-corrected chi connectivity index (χ4v) is 1.42. The topological polar surface area (TPSA) is 149 Å². The average molecular weight is 299 g/mol. The molecule has 0 saturated heterocycles. The molecular weight excluding hydrogens is 282 g/mol. The van der Waals surface area contributed by atoms with Crippen LogP contribution >= 0.6 is 0 Å². The predicted octanol–water partition coefficient (Wildman–Crippen LogP) is -0.514. The number of primary amides is 1. The Hall–Kier alpha value is -2.65. The van der Waals surface area contributed by atoms with E-state index in [-0.39, 0.29) is 24.5 Å². The lowest BCUT2D eigenvalue weighted by Gasteiger charge is -2.19. The van der Waals surface area contributed by atoms with Gasteiger partial charge in [-0.3, -0.25) is 4.79 Å². The quantitative estimate of drug-likeness (QED) is 0.662. The molecule has 0 aliphatic carbocycles. The number of carboxylic acid groups (broad SMARTS) is 1. The van der Waals surface area contributed by atoms with Crippen LogP contribution in [0.5, 0.6) is 0 Å². The number of aromatic nitrogens is 3. The summed E-state index contributed by atoms with van der Waals surface area (Å²) in [6.45, 7) is 4.51. The van der Waals surface area contributed by atoms with Crippen molar-refractivity contribution in [2.24, 2.45) is 5.73 Å². The molecule has 0 aliphatic heterocycles. The van der Waals surface area contributed by atoms with Gasteiger partial charge in [0.05, 0.1) is 12.2 Å². The molecule has 1 aromatic rings. The number of carbonyl (C=O) groups is 3. The molecule has 0 atom stereocenters. The second-order valence-corrected chi connectivity index (χ2v) is 5.17. The smallest absolute Gasteiger partial charge is 0.407 e. The zero-order chi connectivity index (χ0) is 16.2. The predicted molar refractivity (Wildman–Crippen MR) is 69.2 cm³/mol. The van der Waals surface area contributed by atoms with E-state index in [0.717, 1.165) is 4.68 Å². The van der Waals surface area contributed by atoms with Gasteiger partial charge < -0.3 is 20.9 Å². The van der Waals surface area contributed by atoms with Crippen molar-refractivity contribution >= 4 is 18.0 Å². The summed E-state index contributed by atoms with van der Waals surface area (Å²) in [5, 5.41) is 18.3. The number of hydrogen-bond acceptors (Lipinski definition) is 6. The fraction of sp³-hybridized carbons (Fsp3) is 0.545. The molecular formula is C11H17N5O5. The Labute approximate surface area is 120 Å². The molecule has 1 aromatic heterocycles. The summed E-state index contributed by atoms with van der Waals surface area (Å²) in [5.74, 6) is -2.04. The SMILES string of the molecule is CC(C)(C)OC(=O)NCc1c(C(=O)O)nnn1CC(N)=O. The van der Waals surface area contributed by atoms with Gasteiger partial charge in [0, 0.05) is 0 Å². The maximum Gasteiger partial charge on any atom is 0.407 e. The normalized spacial score (nSPS) is 11.0. The van der Waals surface area contributed by atoms with Gasteiger partial charge in [0.1, 0.15) is 12.1 Å². The van der Waals surface area contributed by atoms with E-state index in [0.29, 0.717) is 0 Å². The van der Waals surface area contributed by atoms with Gasteiger partial charge in [-0.15, -0.1) is 5.10 Å². The number of nitrogens with two attached hydrogens (primary N) is 1.